The molecule has 2 N–H and O–H groups in total. The van der Waals surface area contributed by atoms with E-state index in [1.54, 1.807) is 0 Å². The van der Waals surface area contributed by atoms with Crippen LogP contribution in [0.2, 0.25) is 5.02 Å². The predicted octanol–water partition coefficient (Wildman–Crippen LogP) is 2.20. The Kier molecular flexibility index (Phi) is 6.25. The highest BCUT2D eigenvalue weighted by atomic mass is 35.5. The van der Waals surface area contributed by atoms with Crippen molar-refractivity contribution in [3.05, 3.63) is 17.2 Å². The van der Waals surface area contributed by atoms with Gasteiger partial charge in [-0.2, -0.15) is 0 Å². The molecule has 1 saturated heterocycles. The molecule has 0 aliphatic carbocycles. The van der Waals surface area contributed by atoms with E-state index >= 15 is 0 Å². The highest BCUT2D eigenvalue weighted by Crippen LogP contribution is 2.37. The summed E-state index contributed by atoms with van der Waals surface area (Å²) >= 11 is 6.14. The van der Waals surface area contributed by atoms with Crippen molar-refractivity contribution in [2.45, 2.75) is 24.7 Å². The number of hydrogen-bond donors (Lipinski definition) is 2. The number of ether oxygens (including phenoxy) is 2. The van der Waals surface area contributed by atoms with Gasteiger partial charge in [0.25, 0.3) is 0 Å². The minimum absolute atomic E-state index is 0. The number of benzene rings is 1. The van der Waals surface area contributed by atoms with E-state index in [0.717, 1.165) is 25.9 Å². The lowest BCUT2D eigenvalue weighted by atomic mass is 9.81. The Morgan fingerprint density at radius 2 is 1.79 bits per heavy atom. The third-order valence-corrected chi connectivity index (χ3v) is 6.25. The minimum Gasteiger partial charge on any atom is -0.486 e. The maximum atomic E-state index is 12.6. The van der Waals surface area contributed by atoms with Crippen LogP contribution >= 0.6 is 24.0 Å². The van der Waals surface area contributed by atoms with Crippen LogP contribution in [0.3, 0.4) is 0 Å². The van der Waals surface area contributed by atoms with E-state index in [9.17, 15) is 8.42 Å². The van der Waals surface area contributed by atoms with Crippen molar-refractivity contribution in [2.24, 2.45) is 5.41 Å². The zero-order chi connectivity index (χ0) is 16.5. The molecule has 2 aliphatic heterocycles. The molecule has 2 aliphatic rings. The SMILES string of the molecule is CC1(CNS(=O)(=O)c2cc3c(cc2Cl)OCCO3)CCNCC1.Cl. The third kappa shape index (κ3) is 4.26. The molecule has 136 valence electrons. The second-order valence-corrected chi connectivity index (χ2v) is 8.45. The molecule has 0 atom stereocenters. The van der Waals surface area contributed by atoms with Crippen LogP contribution in [0.15, 0.2) is 17.0 Å². The van der Waals surface area contributed by atoms with Gasteiger partial charge >= 0.3 is 0 Å². The molecule has 0 amide bonds. The number of rotatable bonds is 4. The van der Waals surface area contributed by atoms with E-state index in [1.165, 1.54) is 12.1 Å². The van der Waals surface area contributed by atoms with Gasteiger partial charge in [0.15, 0.2) is 11.5 Å². The van der Waals surface area contributed by atoms with Crippen molar-refractivity contribution in [3.8, 4) is 11.5 Å². The van der Waals surface area contributed by atoms with E-state index in [2.05, 4.69) is 17.0 Å². The quantitative estimate of drug-likeness (QED) is 0.815. The smallest absolute Gasteiger partial charge is 0.242 e. The molecule has 24 heavy (non-hydrogen) atoms. The number of sulfonamides is 1. The molecule has 6 nitrogen and oxygen atoms in total. The highest BCUT2D eigenvalue weighted by molar-refractivity contribution is 7.89. The molecule has 0 aromatic heterocycles. The van der Waals surface area contributed by atoms with Gasteiger partial charge in [-0.05, 0) is 31.3 Å². The van der Waals surface area contributed by atoms with Gasteiger partial charge in [0.1, 0.15) is 18.1 Å². The first-order valence-electron chi connectivity index (χ1n) is 7.69. The van der Waals surface area contributed by atoms with Gasteiger partial charge in [-0.15, -0.1) is 12.4 Å². The van der Waals surface area contributed by atoms with Crippen molar-refractivity contribution in [3.63, 3.8) is 0 Å². The number of halogens is 2. The highest BCUT2D eigenvalue weighted by Gasteiger charge is 2.30. The van der Waals surface area contributed by atoms with Crippen LogP contribution in [0.25, 0.3) is 0 Å². The molecule has 1 aromatic rings. The van der Waals surface area contributed by atoms with Crippen LogP contribution < -0.4 is 19.5 Å². The van der Waals surface area contributed by atoms with E-state index in [4.69, 9.17) is 21.1 Å². The van der Waals surface area contributed by atoms with Crippen LogP contribution in [0.1, 0.15) is 19.8 Å². The normalized spacial score (nSPS) is 19.4. The Balaban J connectivity index is 0.00000208. The molecule has 0 spiro atoms. The fourth-order valence-electron chi connectivity index (χ4n) is 2.81. The summed E-state index contributed by atoms with van der Waals surface area (Å²) in [6, 6.07) is 2.93. The Morgan fingerprint density at radius 1 is 1.21 bits per heavy atom. The molecule has 1 fully saturated rings. The average Bonchev–Trinajstić information content (AvgIpc) is 2.53. The van der Waals surface area contributed by atoms with E-state index < -0.39 is 10.0 Å². The van der Waals surface area contributed by atoms with E-state index in [0.29, 0.717) is 31.3 Å². The van der Waals surface area contributed by atoms with Crippen LogP contribution in [-0.4, -0.2) is 41.3 Å². The lowest BCUT2D eigenvalue weighted by molar-refractivity contribution is 0.171. The molecule has 0 radical (unpaired) electrons. The second-order valence-electron chi connectivity index (χ2n) is 6.31. The summed E-state index contributed by atoms with van der Waals surface area (Å²) in [5.41, 5.74) is -0.0430. The first-order valence-corrected chi connectivity index (χ1v) is 9.55. The molecule has 2 heterocycles. The molecular weight excluding hydrogens is 375 g/mol. The summed E-state index contributed by atoms with van der Waals surface area (Å²) in [5.74, 6) is 0.889. The molecule has 3 rings (SSSR count). The Bertz CT molecular complexity index is 691. The zero-order valence-electron chi connectivity index (χ0n) is 13.4. The van der Waals surface area contributed by atoms with Crippen molar-refractivity contribution in [1.82, 2.24) is 10.0 Å². The van der Waals surface area contributed by atoms with Gasteiger partial charge < -0.3 is 14.8 Å². The molecule has 0 bridgehead atoms. The van der Waals surface area contributed by atoms with Crippen molar-refractivity contribution < 1.29 is 17.9 Å². The van der Waals surface area contributed by atoms with Crippen LogP contribution in [0.4, 0.5) is 0 Å². The van der Waals surface area contributed by atoms with Crippen LogP contribution in [0, 0.1) is 5.41 Å². The summed E-state index contributed by atoms with van der Waals surface area (Å²) in [6.07, 6.45) is 1.87. The molecule has 1 aromatic carbocycles. The average molecular weight is 397 g/mol. The number of piperidine rings is 1. The summed E-state index contributed by atoms with van der Waals surface area (Å²) in [6.45, 7) is 5.13. The number of nitrogens with one attached hydrogen (secondary N) is 2. The van der Waals surface area contributed by atoms with Crippen molar-refractivity contribution in [2.75, 3.05) is 32.8 Å². The van der Waals surface area contributed by atoms with Gasteiger partial charge in [0.2, 0.25) is 10.0 Å². The van der Waals surface area contributed by atoms with Gasteiger partial charge in [-0.25, -0.2) is 13.1 Å². The minimum atomic E-state index is -3.70. The Labute approximate surface area is 153 Å². The maximum absolute atomic E-state index is 12.6. The lowest BCUT2D eigenvalue weighted by Crippen LogP contribution is -2.42. The topological polar surface area (TPSA) is 76.7 Å². The van der Waals surface area contributed by atoms with Crippen molar-refractivity contribution in [1.29, 1.82) is 0 Å². The summed E-state index contributed by atoms with van der Waals surface area (Å²) in [4.78, 5) is 0.0287. The summed E-state index contributed by atoms with van der Waals surface area (Å²) in [7, 11) is -3.70. The third-order valence-electron chi connectivity index (χ3n) is 4.39. The van der Waals surface area contributed by atoms with E-state index in [1.807, 2.05) is 0 Å². The second kappa shape index (κ2) is 7.66. The molecular formula is C15H22Cl2N2O4S. The first-order chi connectivity index (χ1) is 10.9. The maximum Gasteiger partial charge on any atom is 0.242 e. The Hall–Kier alpha value is -0.730. The van der Waals surface area contributed by atoms with Gasteiger partial charge in [-0.3, -0.25) is 0 Å². The van der Waals surface area contributed by atoms with Gasteiger partial charge in [0, 0.05) is 18.7 Å². The van der Waals surface area contributed by atoms with E-state index in [-0.39, 0.29) is 27.7 Å². The summed E-state index contributed by atoms with van der Waals surface area (Å²) < 4.78 is 38.8. The number of fused-ring (bicyclic) bond motifs is 1. The Morgan fingerprint density at radius 3 is 2.42 bits per heavy atom. The molecule has 0 saturated carbocycles. The zero-order valence-corrected chi connectivity index (χ0v) is 15.8. The first kappa shape index (κ1) is 19.6. The fourth-order valence-corrected chi connectivity index (χ4v) is 4.54. The fraction of sp³-hybridized carbons (Fsp3) is 0.600. The predicted molar refractivity (Wildman–Crippen MR) is 95.1 cm³/mol. The van der Waals surface area contributed by atoms with Crippen LogP contribution in [-0.2, 0) is 10.0 Å². The number of hydrogen-bond acceptors (Lipinski definition) is 5. The summed E-state index contributed by atoms with van der Waals surface area (Å²) in [5, 5.41) is 3.42. The van der Waals surface area contributed by atoms with Gasteiger partial charge in [-0.1, -0.05) is 18.5 Å². The largest absolute Gasteiger partial charge is 0.486 e. The van der Waals surface area contributed by atoms with Gasteiger partial charge in [0.05, 0.1) is 5.02 Å². The monoisotopic (exact) mass is 396 g/mol. The van der Waals surface area contributed by atoms with Crippen molar-refractivity contribution >= 4 is 34.0 Å². The molecule has 9 heteroatoms. The van der Waals surface area contributed by atoms with Crippen LogP contribution in [0.5, 0.6) is 11.5 Å². The standard InChI is InChI=1S/C15H21ClN2O4S.ClH/c1-15(2-4-17-5-3-15)10-18-23(19,20)14-9-13-12(8-11(14)16)21-6-7-22-13;/h8-9,17-18H,2-7,10H2,1H3;1H. The molecule has 0 unspecified atom stereocenters. The lowest BCUT2D eigenvalue weighted by Gasteiger charge is -2.34.